The Morgan fingerprint density at radius 3 is 2.32 bits per heavy atom. The number of carbonyl (C=O) groups excluding carboxylic acids is 2. The Morgan fingerprint density at radius 1 is 1.10 bits per heavy atom. The van der Waals surface area contributed by atoms with Gasteiger partial charge in [-0.1, -0.05) is 30.3 Å². The minimum atomic E-state index is -4.09. The van der Waals surface area contributed by atoms with Crippen LogP contribution in [0.5, 0.6) is 0 Å². The largest absolute Gasteiger partial charge is 0.467 e. The molecule has 0 bridgehead atoms. The highest BCUT2D eigenvalue weighted by Gasteiger charge is 2.23. The van der Waals surface area contributed by atoms with E-state index in [1.165, 1.54) is 0 Å². The molecule has 0 aliphatic heterocycles. The number of esters is 1. The Bertz CT molecular complexity index is 1010. The lowest BCUT2D eigenvalue weighted by Gasteiger charge is -2.17. The highest BCUT2D eigenvalue weighted by atomic mass is 32.2. The van der Waals surface area contributed by atoms with Gasteiger partial charge in [0.1, 0.15) is 0 Å². The van der Waals surface area contributed by atoms with Crippen LogP contribution in [-0.4, -0.2) is 51.5 Å². The van der Waals surface area contributed by atoms with Crippen LogP contribution in [0.3, 0.4) is 0 Å². The number of methoxy groups -OCH3 is 1. The molecule has 1 amide bonds. The first-order chi connectivity index (χ1) is 14.7. The van der Waals surface area contributed by atoms with Crippen molar-refractivity contribution in [3.05, 3.63) is 70.3 Å². The molecule has 11 nitrogen and oxygen atoms in total. The summed E-state index contributed by atoms with van der Waals surface area (Å²) in [6.45, 7) is -0.634. The number of amides is 1. The molecule has 0 fully saturated rings. The first kappa shape index (κ1) is 23.9. The molecule has 0 aliphatic carbocycles. The van der Waals surface area contributed by atoms with Crippen LogP contribution in [0.4, 0.5) is 5.69 Å². The van der Waals surface area contributed by atoms with Gasteiger partial charge in [-0.15, -0.1) is 0 Å². The number of ether oxygens (including phenoxy) is 2. The normalized spacial score (nSPS) is 12.0. The summed E-state index contributed by atoms with van der Waals surface area (Å²) in [6.07, 6.45) is 0. The van der Waals surface area contributed by atoms with Crippen molar-refractivity contribution >= 4 is 27.6 Å². The molecule has 0 heterocycles. The van der Waals surface area contributed by atoms with Crippen molar-refractivity contribution in [1.82, 2.24) is 10.0 Å². The number of benzene rings is 2. The Labute approximate surface area is 178 Å². The molecular weight excluding hydrogens is 430 g/mol. The molecule has 2 rings (SSSR count). The maximum absolute atomic E-state index is 12.2. The topological polar surface area (TPSA) is 154 Å². The number of rotatable bonds is 11. The predicted molar refractivity (Wildman–Crippen MR) is 108 cm³/mol. The predicted octanol–water partition coefficient (Wildman–Crippen LogP) is 0.748. The number of hydrogen-bond donors (Lipinski definition) is 2. The van der Waals surface area contributed by atoms with E-state index in [9.17, 15) is 28.1 Å². The minimum absolute atomic E-state index is 0.178. The van der Waals surface area contributed by atoms with Crippen molar-refractivity contribution in [1.29, 1.82) is 0 Å². The summed E-state index contributed by atoms with van der Waals surface area (Å²) >= 11 is 0. The number of nitro groups is 1. The van der Waals surface area contributed by atoms with Gasteiger partial charge in [-0.2, -0.15) is 0 Å². The molecule has 2 aromatic rings. The summed E-state index contributed by atoms with van der Waals surface area (Å²) < 4.78 is 36.6. The number of sulfonamides is 1. The third kappa shape index (κ3) is 7.44. The van der Waals surface area contributed by atoms with Crippen LogP contribution in [-0.2, 0) is 35.7 Å². The Hall–Kier alpha value is -3.35. The quantitative estimate of drug-likeness (QED) is 0.288. The van der Waals surface area contributed by atoms with Crippen LogP contribution in [0, 0.1) is 10.1 Å². The van der Waals surface area contributed by atoms with E-state index >= 15 is 0 Å². The van der Waals surface area contributed by atoms with Crippen molar-refractivity contribution in [3.8, 4) is 0 Å². The van der Waals surface area contributed by atoms with Gasteiger partial charge in [-0.25, -0.2) is 17.9 Å². The van der Waals surface area contributed by atoms with E-state index in [2.05, 4.69) is 14.8 Å². The average Bonchev–Trinajstić information content (AvgIpc) is 2.77. The molecule has 0 unspecified atom stereocenters. The van der Waals surface area contributed by atoms with Gasteiger partial charge in [0.2, 0.25) is 15.9 Å². The molecule has 12 heteroatoms. The molecule has 0 aromatic heterocycles. The first-order valence-electron chi connectivity index (χ1n) is 8.96. The second-order valence-electron chi connectivity index (χ2n) is 6.22. The minimum Gasteiger partial charge on any atom is -0.467 e. The monoisotopic (exact) mass is 451 g/mol. The summed E-state index contributed by atoms with van der Waals surface area (Å²) in [6, 6.07) is 12.2. The van der Waals surface area contributed by atoms with E-state index in [-0.39, 0.29) is 23.8 Å². The Balaban J connectivity index is 1.90. The van der Waals surface area contributed by atoms with Crippen molar-refractivity contribution in [2.75, 3.05) is 20.3 Å². The van der Waals surface area contributed by atoms with Gasteiger partial charge >= 0.3 is 5.97 Å². The zero-order chi connectivity index (χ0) is 22.9. The maximum Gasteiger partial charge on any atom is 0.330 e. The second-order valence-corrected chi connectivity index (χ2v) is 7.99. The van der Waals surface area contributed by atoms with Crippen molar-refractivity contribution in [2.24, 2.45) is 0 Å². The number of nitrogens with zero attached hydrogens (tertiary/aromatic N) is 1. The number of carbonyl (C=O) groups is 2. The van der Waals surface area contributed by atoms with Crippen molar-refractivity contribution in [3.63, 3.8) is 0 Å². The molecule has 166 valence electrons. The fourth-order valence-corrected chi connectivity index (χ4v) is 3.40. The zero-order valence-electron chi connectivity index (χ0n) is 16.5. The van der Waals surface area contributed by atoms with Crippen LogP contribution >= 0.6 is 0 Å². The van der Waals surface area contributed by atoms with E-state index in [4.69, 9.17) is 4.74 Å². The zero-order valence-corrected chi connectivity index (χ0v) is 17.3. The lowest BCUT2D eigenvalue weighted by Crippen LogP contribution is -2.48. The van der Waals surface area contributed by atoms with Gasteiger partial charge in [0.05, 0.1) is 36.7 Å². The standard InChI is InChI=1S/C19H21N3O8S/c1-29-19(24)17(13-30-12-14-5-3-2-4-6-14)21-18(23)11-20-31(27,28)16-9-7-15(8-10-16)22(25)26/h2-10,17,20H,11-13H2,1H3,(H,21,23)/t17-/m0/s1. The summed E-state index contributed by atoms with van der Waals surface area (Å²) in [5, 5.41) is 13.0. The van der Waals surface area contributed by atoms with E-state index in [1.807, 2.05) is 30.3 Å². The SMILES string of the molecule is COC(=O)[C@H](COCc1ccccc1)NC(=O)CNS(=O)(=O)c1ccc([N+](=O)[O-])cc1. The number of nitro benzene ring substituents is 1. The van der Waals surface area contributed by atoms with Crippen LogP contribution in [0.2, 0.25) is 0 Å². The summed E-state index contributed by atoms with van der Waals surface area (Å²) in [5.74, 6) is -1.54. The number of non-ortho nitro benzene ring substituents is 1. The van der Waals surface area contributed by atoms with Gasteiger partial charge < -0.3 is 14.8 Å². The second kappa shape index (κ2) is 11.2. The fourth-order valence-electron chi connectivity index (χ4n) is 2.42. The smallest absolute Gasteiger partial charge is 0.330 e. The summed E-state index contributed by atoms with van der Waals surface area (Å²) in [4.78, 5) is 33.8. The van der Waals surface area contributed by atoms with E-state index in [0.717, 1.165) is 36.9 Å². The Kier molecular flexibility index (Phi) is 8.61. The molecule has 0 spiro atoms. The highest BCUT2D eigenvalue weighted by Crippen LogP contribution is 2.15. The molecule has 0 saturated carbocycles. The van der Waals surface area contributed by atoms with Gasteiger partial charge in [0.25, 0.3) is 5.69 Å². The molecule has 0 saturated heterocycles. The van der Waals surface area contributed by atoms with E-state index in [0.29, 0.717) is 0 Å². The fraction of sp³-hybridized carbons (Fsp3) is 0.263. The molecule has 31 heavy (non-hydrogen) atoms. The van der Waals surface area contributed by atoms with Crippen molar-refractivity contribution in [2.45, 2.75) is 17.5 Å². The summed E-state index contributed by atoms with van der Waals surface area (Å²) in [5.41, 5.74) is 0.599. The van der Waals surface area contributed by atoms with E-state index in [1.54, 1.807) is 0 Å². The van der Waals surface area contributed by atoms with Gasteiger partial charge in [-0.3, -0.25) is 14.9 Å². The maximum atomic E-state index is 12.2. The molecule has 2 aromatic carbocycles. The van der Waals surface area contributed by atoms with Crippen LogP contribution < -0.4 is 10.0 Å². The van der Waals surface area contributed by atoms with Crippen LogP contribution in [0.25, 0.3) is 0 Å². The van der Waals surface area contributed by atoms with Crippen LogP contribution in [0.15, 0.2) is 59.5 Å². The van der Waals surface area contributed by atoms with Gasteiger partial charge in [0.15, 0.2) is 6.04 Å². The highest BCUT2D eigenvalue weighted by molar-refractivity contribution is 7.89. The molecule has 0 aliphatic rings. The third-order valence-corrected chi connectivity index (χ3v) is 5.41. The molecule has 1 atom stereocenters. The van der Waals surface area contributed by atoms with E-state index < -0.39 is 39.4 Å². The number of nitrogens with one attached hydrogen (secondary N) is 2. The third-order valence-electron chi connectivity index (χ3n) is 4.00. The van der Waals surface area contributed by atoms with Gasteiger partial charge in [-0.05, 0) is 17.7 Å². The Morgan fingerprint density at radius 2 is 1.74 bits per heavy atom. The lowest BCUT2D eigenvalue weighted by molar-refractivity contribution is -0.384. The molecular formula is C19H21N3O8S. The lowest BCUT2D eigenvalue weighted by atomic mass is 10.2. The summed E-state index contributed by atoms with van der Waals surface area (Å²) in [7, 11) is -2.94. The number of hydrogen-bond acceptors (Lipinski definition) is 8. The average molecular weight is 451 g/mol. The first-order valence-corrected chi connectivity index (χ1v) is 10.4. The molecule has 0 radical (unpaired) electrons. The molecule has 2 N–H and O–H groups in total. The van der Waals surface area contributed by atoms with Gasteiger partial charge in [0, 0.05) is 12.1 Å². The van der Waals surface area contributed by atoms with Crippen molar-refractivity contribution < 1.29 is 32.4 Å². The van der Waals surface area contributed by atoms with Crippen LogP contribution in [0.1, 0.15) is 5.56 Å².